The second-order valence-electron chi connectivity index (χ2n) is 7.03. The van der Waals surface area contributed by atoms with E-state index in [4.69, 9.17) is 0 Å². The fraction of sp³-hybridized carbons (Fsp3) is 0.750. The minimum Gasteiger partial charge on any atom is -0.387 e. The van der Waals surface area contributed by atoms with E-state index < -0.39 is 5.60 Å². The van der Waals surface area contributed by atoms with Gasteiger partial charge < -0.3 is 19.9 Å². The lowest BCUT2D eigenvalue weighted by molar-refractivity contribution is -0.0216. The summed E-state index contributed by atoms with van der Waals surface area (Å²) in [5.74, 6) is 0.927. The number of carbonyl (C=O) groups excluding carboxylic acids is 1. The van der Waals surface area contributed by atoms with Crippen LogP contribution in [0.3, 0.4) is 0 Å². The molecule has 7 heteroatoms. The Balaban J connectivity index is 1.74. The Hall–Kier alpha value is -1.44. The number of amides is 1. The molecular formula is C16H27N5O2. The van der Waals surface area contributed by atoms with E-state index in [9.17, 15) is 9.90 Å². The highest BCUT2D eigenvalue weighted by atomic mass is 16.3. The van der Waals surface area contributed by atoms with Crippen LogP contribution in [0, 0.1) is 6.92 Å². The molecule has 23 heavy (non-hydrogen) atoms. The zero-order chi connectivity index (χ0) is 16.6. The van der Waals surface area contributed by atoms with Gasteiger partial charge in [0.15, 0.2) is 0 Å². The van der Waals surface area contributed by atoms with E-state index in [2.05, 4.69) is 15.2 Å². The zero-order valence-electron chi connectivity index (χ0n) is 14.3. The minimum atomic E-state index is -0.648. The molecule has 2 aliphatic rings. The van der Waals surface area contributed by atoms with Crippen LogP contribution < -0.4 is 5.32 Å². The van der Waals surface area contributed by atoms with Crippen molar-refractivity contribution < 1.29 is 9.90 Å². The summed E-state index contributed by atoms with van der Waals surface area (Å²) in [5.41, 5.74) is 0.839. The predicted molar refractivity (Wildman–Crippen MR) is 87.3 cm³/mol. The van der Waals surface area contributed by atoms with E-state index in [1.807, 2.05) is 11.5 Å². The number of hydrogen-bond donors (Lipinski definition) is 2. The molecule has 0 saturated carbocycles. The number of β-amino-alcohol motifs (C(OH)–C–C–N with tert-alkyl or cyclic N) is 1. The molecule has 0 spiro atoms. The van der Waals surface area contributed by atoms with Crippen LogP contribution in [0.1, 0.15) is 34.8 Å². The summed E-state index contributed by atoms with van der Waals surface area (Å²) in [5, 5.41) is 14.0. The van der Waals surface area contributed by atoms with Crippen molar-refractivity contribution in [3.8, 4) is 0 Å². The molecule has 128 valence electrons. The number of imidazole rings is 1. The smallest absolute Gasteiger partial charge is 0.271 e. The van der Waals surface area contributed by atoms with Crippen LogP contribution in [-0.2, 0) is 13.1 Å². The topological polar surface area (TPSA) is 73.6 Å². The van der Waals surface area contributed by atoms with Crippen LogP contribution in [0.5, 0.6) is 0 Å². The quantitative estimate of drug-likeness (QED) is 0.808. The van der Waals surface area contributed by atoms with E-state index in [0.717, 1.165) is 44.0 Å². The molecule has 1 saturated heterocycles. The number of nitrogens with one attached hydrogen (secondary N) is 1. The Morgan fingerprint density at radius 3 is 2.87 bits per heavy atom. The molecule has 1 aromatic rings. The minimum absolute atomic E-state index is 0.00445. The molecular weight excluding hydrogens is 294 g/mol. The number of aryl methyl sites for hydroxylation is 1. The lowest BCUT2D eigenvalue weighted by Gasteiger charge is -2.38. The summed E-state index contributed by atoms with van der Waals surface area (Å²) in [4.78, 5) is 20.8. The first-order chi connectivity index (χ1) is 10.9. The van der Waals surface area contributed by atoms with Crippen LogP contribution in [-0.4, -0.2) is 76.2 Å². The molecule has 1 amide bonds. The van der Waals surface area contributed by atoms with Crippen molar-refractivity contribution in [2.75, 3.05) is 40.3 Å². The SMILES string of the molecule is Cc1nc2n(c1C(=O)N(C)C)CCN(CC1(O)CCCNC1)C2. The number of aliphatic hydroxyl groups is 1. The standard InChI is InChI=1S/C16H27N5O2/c1-12-14(15(22)19(2)3)21-8-7-20(9-13(21)18-12)11-16(23)5-4-6-17-10-16/h17,23H,4-11H2,1-3H3. The Bertz CT molecular complexity index is 590. The van der Waals surface area contributed by atoms with Crippen LogP contribution in [0.2, 0.25) is 0 Å². The third-order valence-corrected chi connectivity index (χ3v) is 4.80. The summed E-state index contributed by atoms with van der Waals surface area (Å²) in [6.45, 7) is 6.45. The lowest BCUT2D eigenvalue weighted by Crippen LogP contribution is -2.54. The van der Waals surface area contributed by atoms with E-state index in [1.54, 1.807) is 19.0 Å². The van der Waals surface area contributed by atoms with Gasteiger partial charge in [-0.15, -0.1) is 0 Å². The number of rotatable bonds is 3. The van der Waals surface area contributed by atoms with Gasteiger partial charge in [-0.2, -0.15) is 0 Å². The molecule has 1 unspecified atom stereocenters. The van der Waals surface area contributed by atoms with Crippen LogP contribution in [0.4, 0.5) is 0 Å². The molecule has 7 nitrogen and oxygen atoms in total. The molecule has 1 aromatic heterocycles. The molecule has 0 bridgehead atoms. The first-order valence-electron chi connectivity index (χ1n) is 8.33. The molecule has 1 atom stereocenters. The van der Waals surface area contributed by atoms with Crippen LogP contribution in [0.15, 0.2) is 0 Å². The molecule has 0 aliphatic carbocycles. The van der Waals surface area contributed by atoms with Crippen LogP contribution >= 0.6 is 0 Å². The largest absolute Gasteiger partial charge is 0.387 e. The van der Waals surface area contributed by atoms with Gasteiger partial charge >= 0.3 is 0 Å². The lowest BCUT2D eigenvalue weighted by atomic mass is 9.93. The van der Waals surface area contributed by atoms with Crippen molar-refractivity contribution in [3.05, 3.63) is 17.2 Å². The number of aromatic nitrogens is 2. The summed E-state index contributed by atoms with van der Waals surface area (Å²) < 4.78 is 2.04. The third kappa shape index (κ3) is 3.27. The van der Waals surface area contributed by atoms with E-state index in [0.29, 0.717) is 25.3 Å². The molecule has 1 fully saturated rings. The van der Waals surface area contributed by atoms with Gasteiger partial charge in [0, 0.05) is 40.3 Å². The van der Waals surface area contributed by atoms with Crippen molar-refractivity contribution in [1.82, 2.24) is 24.7 Å². The summed E-state index contributed by atoms with van der Waals surface area (Å²) >= 11 is 0. The van der Waals surface area contributed by atoms with Crippen molar-refractivity contribution in [2.24, 2.45) is 0 Å². The molecule has 2 N–H and O–H groups in total. The fourth-order valence-corrected chi connectivity index (χ4v) is 3.63. The van der Waals surface area contributed by atoms with E-state index >= 15 is 0 Å². The maximum atomic E-state index is 12.4. The summed E-state index contributed by atoms with van der Waals surface area (Å²) in [6.07, 6.45) is 1.86. The van der Waals surface area contributed by atoms with Crippen molar-refractivity contribution >= 4 is 5.91 Å². The van der Waals surface area contributed by atoms with Gasteiger partial charge in [-0.25, -0.2) is 4.98 Å². The third-order valence-electron chi connectivity index (χ3n) is 4.80. The number of piperidine rings is 1. The monoisotopic (exact) mass is 321 g/mol. The normalized spacial score (nSPS) is 25.2. The predicted octanol–water partition coefficient (Wildman–Crippen LogP) is -0.177. The van der Waals surface area contributed by atoms with Gasteiger partial charge in [0.2, 0.25) is 0 Å². The van der Waals surface area contributed by atoms with Crippen molar-refractivity contribution in [3.63, 3.8) is 0 Å². The average molecular weight is 321 g/mol. The van der Waals surface area contributed by atoms with Gasteiger partial charge in [0.05, 0.1) is 17.8 Å². The van der Waals surface area contributed by atoms with Gasteiger partial charge in [-0.05, 0) is 26.3 Å². The number of hydrogen-bond acceptors (Lipinski definition) is 5. The van der Waals surface area contributed by atoms with Gasteiger partial charge in [0.1, 0.15) is 11.5 Å². The highest BCUT2D eigenvalue weighted by molar-refractivity contribution is 5.93. The maximum absolute atomic E-state index is 12.4. The zero-order valence-corrected chi connectivity index (χ0v) is 14.3. The Morgan fingerprint density at radius 2 is 2.22 bits per heavy atom. The Labute approximate surface area is 137 Å². The fourth-order valence-electron chi connectivity index (χ4n) is 3.63. The molecule has 2 aliphatic heterocycles. The first-order valence-corrected chi connectivity index (χ1v) is 8.33. The highest BCUT2D eigenvalue weighted by Gasteiger charge is 2.34. The second kappa shape index (κ2) is 6.22. The number of nitrogens with zero attached hydrogens (tertiary/aromatic N) is 4. The molecule has 3 rings (SSSR count). The average Bonchev–Trinajstić information content (AvgIpc) is 2.81. The van der Waals surface area contributed by atoms with Gasteiger partial charge in [-0.3, -0.25) is 9.69 Å². The molecule has 0 aromatic carbocycles. The first kappa shape index (κ1) is 16.4. The van der Waals surface area contributed by atoms with Crippen LogP contribution in [0.25, 0.3) is 0 Å². The summed E-state index contributed by atoms with van der Waals surface area (Å²) in [7, 11) is 3.53. The van der Waals surface area contributed by atoms with Crippen molar-refractivity contribution in [1.29, 1.82) is 0 Å². The second-order valence-corrected chi connectivity index (χ2v) is 7.03. The highest BCUT2D eigenvalue weighted by Crippen LogP contribution is 2.23. The van der Waals surface area contributed by atoms with Gasteiger partial charge in [0.25, 0.3) is 5.91 Å². The molecule has 3 heterocycles. The molecule has 0 radical (unpaired) electrons. The number of fused-ring (bicyclic) bond motifs is 1. The number of carbonyl (C=O) groups is 1. The van der Waals surface area contributed by atoms with E-state index in [-0.39, 0.29) is 5.91 Å². The Morgan fingerprint density at radius 1 is 1.43 bits per heavy atom. The van der Waals surface area contributed by atoms with E-state index in [1.165, 1.54) is 0 Å². The Kier molecular flexibility index (Phi) is 4.44. The van der Waals surface area contributed by atoms with Crippen molar-refractivity contribution in [2.45, 2.75) is 38.5 Å². The maximum Gasteiger partial charge on any atom is 0.271 e. The van der Waals surface area contributed by atoms with Gasteiger partial charge in [-0.1, -0.05) is 0 Å². The summed E-state index contributed by atoms with van der Waals surface area (Å²) in [6, 6.07) is 0.